The SMILES string of the molecule is O=C(O)C(OCCCO)c1ccc(OC(F)F)cc1. The van der Waals surface area contributed by atoms with Gasteiger partial charge in [0.05, 0.1) is 6.61 Å². The molecule has 1 aromatic carbocycles. The number of rotatable bonds is 8. The molecule has 0 saturated carbocycles. The summed E-state index contributed by atoms with van der Waals surface area (Å²) in [4.78, 5) is 11.0. The molecule has 0 aliphatic carbocycles. The van der Waals surface area contributed by atoms with Crippen molar-refractivity contribution in [1.82, 2.24) is 0 Å². The van der Waals surface area contributed by atoms with Gasteiger partial charge in [-0.25, -0.2) is 4.79 Å². The number of benzene rings is 1. The monoisotopic (exact) mass is 276 g/mol. The second-order valence-corrected chi connectivity index (χ2v) is 3.61. The maximum atomic E-state index is 11.9. The van der Waals surface area contributed by atoms with Crippen LogP contribution in [0.25, 0.3) is 0 Å². The van der Waals surface area contributed by atoms with Gasteiger partial charge in [0.15, 0.2) is 6.10 Å². The number of halogens is 2. The third-order valence-electron chi connectivity index (χ3n) is 2.22. The van der Waals surface area contributed by atoms with Crippen molar-refractivity contribution in [2.45, 2.75) is 19.1 Å². The first-order valence-corrected chi connectivity index (χ1v) is 5.54. The number of hydrogen-bond donors (Lipinski definition) is 2. The van der Waals surface area contributed by atoms with Gasteiger partial charge in [0.25, 0.3) is 0 Å². The lowest BCUT2D eigenvalue weighted by Crippen LogP contribution is -2.16. The van der Waals surface area contributed by atoms with Gasteiger partial charge in [-0.05, 0) is 24.1 Å². The lowest BCUT2D eigenvalue weighted by atomic mass is 10.1. The first-order chi connectivity index (χ1) is 9.04. The van der Waals surface area contributed by atoms with Crippen LogP contribution in [0, 0.1) is 0 Å². The number of hydrogen-bond acceptors (Lipinski definition) is 4. The quantitative estimate of drug-likeness (QED) is 0.708. The van der Waals surface area contributed by atoms with Crippen LogP contribution in [0.5, 0.6) is 5.75 Å². The fraction of sp³-hybridized carbons (Fsp3) is 0.417. The Morgan fingerprint density at radius 2 is 1.89 bits per heavy atom. The Morgan fingerprint density at radius 3 is 2.37 bits per heavy atom. The van der Waals surface area contributed by atoms with E-state index in [1.807, 2.05) is 0 Å². The van der Waals surface area contributed by atoms with E-state index >= 15 is 0 Å². The summed E-state index contributed by atoms with van der Waals surface area (Å²) in [6, 6.07) is 5.17. The third-order valence-corrected chi connectivity index (χ3v) is 2.22. The Balaban J connectivity index is 2.71. The van der Waals surface area contributed by atoms with E-state index in [2.05, 4.69) is 4.74 Å². The molecular weight excluding hydrogens is 262 g/mol. The third kappa shape index (κ3) is 5.19. The second-order valence-electron chi connectivity index (χ2n) is 3.61. The number of alkyl halides is 2. The van der Waals surface area contributed by atoms with Crippen molar-refractivity contribution < 1.29 is 33.3 Å². The van der Waals surface area contributed by atoms with E-state index in [1.165, 1.54) is 24.3 Å². The Bertz CT molecular complexity index is 394. The molecule has 0 heterocycles. The fourth-order valence-electron chi connectivity index (χ4n) is 1.40. The molecule has 0 fully saturated rings. The summed E-state index contributed by atoms with van der Waals surface area (Å²) in [6.45, 7) is -2.95. The molecule has 0 radical (unpaired) electrons. The lowest BCUT2D eigenvalue weighted by molar-refractivity contribution is -0.151. The minimum absolute atomic E-state index is 0.0572. The van der Waals surface area contributed by atoms with E-state index in [9.17, 15) is 13.6 Å². The van der Waals surface area contributed by atoms with E-state index in [0.717, 1.165) is 0 Å². The lowest BCUT2D eigenvalue weighted by Gasteiger charge is -2.14. The van der Waals surface area contributed by atoms with Gasteiger partial charge >= 0.3 is 12.6 Å². The molecule has 1 atom stereocenters. The molecule has 0 aromatic heterocycles. The van der Waals surface area contributed by atoms with Gasteiger partial charge in [-0.1, -0.05) is 12.1 Å². The number of carbonyl (C=O) groups is 1. The molecule has 0 spiro atoms. The molecule has 0 bridgehead atoms. The molecule has 5 nitrogen and oxygen atoms in total. The Hall–Kier alpha value is -1.73. The van der Waals surface area contributed by atoms with Gasteiger partial charge < -0.3 is 19.7 Å². The Morgan fingerprint density at radius 1 is 1.26 bits per heavy atom. The van der Waals surface area contributed by atoms with Crippen molar-refractivity contribution >= 4 is 5.97 Å². The van der Waals surface area contributed by atoms with E-state index in [4.69, 9.17) is 14.9 Å². The minimum atomic E-state index is -2.93. The molecule has 106 valence electrons. The highest BCUT2D eigenvalue weighted by molar-refractivity contribution is 5.74. The summed E-state index contributed by atoms with van der Waals surface area (Å²) in [5, 5.41) is 17.6. The summed E-state index contributed by atoms with van der Waals surface area (Å²) >= 11 is 0. The number of aliphatic hydroxyl groups excluding tert-OH is 1. The molecule has 7 heteroatoms. The van der Waals surface area contributed by atoms with Gasteiger partial charge in [0.1, 0.15) is 5.75 Å². The van der Waals surface area contributed by atoms with Gasteiger partial charge in [0.2, 0.25) is 0 Å². The molecule has 1 unspecified atom stereocenters. The van der Waals surface area contributed by atoms with E-state index in [-0.39, 0.29) is 19.0 Å². The number of aliphatic hydroxyl groups is 1. The molecule has 2 N–H and O–H groups in total. The van der Waals surface area contributed by atoms with Gasteiger partial charge in [0, 0.05) is 6.61 Å². The zero-order valence-corrected chi connectivity index (χ0v) is 9.96. The van der Waals surface area contributed by atoms with Crippen LogP contribution in [0.2, 0.25) is 0 Å². The molecule has 0 amide bonds. The van der Waals surface area contributed by atoms with E-state index < -0.39 is 18.7 Å². The first-order valence-electron chi connectivity index (χ1n) is 5.54. The van der Waals surface area contributed by atoms with Crippen molar-refractivity contribution in [1.29, 1.82) is 0 Å². The summed E-state index contributed by atoms with van der Waals surface area (Å²) in [6.07, 6.45) is -0.886. The predicted octanol–water partition coefficient (Wildman–Crippen LogP) is 1.81. The highest BCUT2D eigenvalue weighted by atomic mass is 19.3. The van der Waals surface area contributed by atoms with Crippen LogP contribution in [0.15, 0.2) is 24.3 Å². The predicted molar refractivity (Wildman–Crippen MR) is 61.1 cm³/mol. The summed E-state index contributed by atoms with van der Waals surface area (Å²) in [5.74, 6) is -1.25. The van der Waals surface area contributed by atoms with Crippen LogP contribution in [-0.4, -0.2) is 36.0 Å². The fourth-order valence-corrected chi connectivity index (χ4v) is 1.40. The van der Waals surface area contributed by atoms with Crippen molar-refractivity contribution in [2.75, 3.05) is 13.2 Å². The van der Waals surface area contributed by atoms with Crippen molar-refractivity contribution in [2.24, 2.45) is 0 Å². The van der Waals surface area contributed by atoms with Crippen molar-refractivity contribution in [3.05, 3.63) is 29.8 Å². The van der Waals surface area contributed by atoms with Crippen LogP contribution in [0.1, 0.15) is 18.1 Å². The standard InChI is InChI=1S/C12H14F2O5/c13-12(14)19-9-4-2-8(3-5-9)10(11(16)17)18-7-1-6-15/h2-5,10,12,15H,1,6-7H2,(H,16,17). The van der Waals surface area contributed by atoms with E-state index in [0.29, 0.717) is 12.0 Å². The van der Waals surface area contributed by atoms with Crippen LogP contribution in [0.3, 0.4) is 0 Å². The average Bonchev–Trinajstić information content (AvgIpc) is 2.35. The minimum Gasteiger partial charge on any atom is -0.479 e. The smallest absolute Gasteiger partial charge is 0.387 e. The van der Waals surface area contributed by atoms with Crippen LogP contribution >= 0.6 is 0 Å². The molecule has 0 aliphatic heterocycles. The van der Waals surface area contributed by atoms with E-state index in [1.54, 1.807) is 0 Å². The summed E-state index contributed by atoms with van der Waals surface area (Å²) < 4.78 is 33.2. The van der Waals surface area contributed by atoms with Crippen LogP contribution < -0.4 is 4.74 Å². The normalized spacial score (nSPS) is 12.4. The maximum absolute atomic E-state index is 11.9. The zero-order valence-electron chi connectivity index (χ0n) is 9.96. The topological polar surface area (TPSA) is 76.0 Å². The van der Waals surface area contributed by atoms with Crippen molar-refractivity contribution in [3.8, 4) is 5.75 Å². The second kappa shape index (κ2) is 7.65. The molecular formula is C12H14F2O5. The first kappa shape index (κ1) is 15.3. The summed E-state index contributed by atoms with van der Waals surface area (Å²) in [5.41, 5.74) is 0.312. The van der Waals surface area contributed by atoms with Gasteiger partial charge in [-0.2, -0.15) is 8.78 Å². The van der Waals surface area contributed by atoms with Crippen LogP contribution in [-0.2, 0) is 9.53 Å². The number of ether oxygens (including phenoxy) is 2. The average molecular weight is 276 g/mol. The van der Waals surface area contributed by atoms with Crippen molar-refractivity contribution in [3.63, 3.8) is 0 Å². The largest absolute Gasteiger partial charge is 0.479 e. The van der Waals surface area contributed by atoms with Crippen LogP contribution in [0.4, 0.5) is 8.78 Å². The molecule has 0 aliphatic rings. The highest BCUT2D eigenvalue weighted by Crippen LogP contribution is 2.22. The molecule has 1 rings (SSSR count). The highest BCUT2D eigenvalue weighted by Gasteiger charge is 2.20. The number of aliphatic carboxylic acids is 1. The Kier molecular flexibility index (Phi) is 6.17. The van der Waals surface area contributed by atoms with Gasteiger partial charge in [-0.3, -0.25) is 0 Å². The maximum Gasteiger partial charge on any atom is 0.387 e. The number of carboxylic acid groups (broad SMARTS) is 1. The number of carboxylic acids is 1. The zero-order chi connectivity index (χ0) is 14.3. The molecule has 19 heavy (non-hydrogen) atoms. The molecule has 0 saturated heterocycles. The van der Waals surface area contributed by atoms with Gasteiger partial charge in [-0.15, -0.1) is 0 Å². The molecule has 1 aromatic rings. The summed E-state index contributed by atoms with van der Waals surface area (Å²) in [7, 11) is 0. The Labute approximate surface area is 108 Å².